The number of phenolic OH excluding ortho intramolecular Hbond substituents is 2. The van der Waals surface area contributed by atoms with E-state index in [0.717, 1.165) is 19.3 Å². The molecular weight excluding hydrogens is 230 g/mol. The Balaban J connectivity index is 2.20. The summed E-state index contributed by atoms with van der Waals surface area (Å²) in [6.07, 6.45) is 3.18. The quantitative estimate of drug-likeness (QED) is 0.845. The minimum atomic E-state index is -0.274. The molecule has 2 rings (SSSR count). The van der Waals surface area contributed by atoms with E-state index in [2.05, 4.69) is 6.92 Å². The lowest BCUT2D eigenvalue weighted by Gasteiger charge is -2.32. The predicted octanol–water partition coefficient (Wildman–Crippen LogP) is 2.36. The van der Waals surface area contributed by atoms with Gasteiger partial charge in [-0.3, -0.25) is 4.79 Å². The maximum atomic E-state index is 12.3. The molecule has 0 aliphatic carbocycles. The maximum absolute atomic E-state index is 12.3. The number of phenols is 2. The number of carbonyl (C=O) groups excluding carboxylic acids is 1. The molecule has 1 heterocycles. The minimum Gasteiger partial charge on any atom is -0.507 e. The molecule has 0 saturated carbocycles. The number of rotatable bonds is 2. The van der Waals surface area contributed by atoms with E-state index in [0.29, 0.717) is 19.0 Å². The first kappa shape index (κ1) is 12.7. The van der Waals surface area contributed by atoms with Crippen molar-refractivity contribution in [3.05, 3.63) is 23.8 Å². The van der Waals surface area contributed by atoms with Crippen molar-refractivity contribution in [2.45, 2.75) is 26.2 Å². The topological polar surface area (TPSA) is 60.8 Å². The first-order chi connectivity index (χ1) is 8.63. The summed E-state index contributed by atoms with van der Waals surface area (Å²) in [5, 5.41) is 19.4. The second-order valence-electron chi connectivity index (χ2n) is 4.84. The van der Waals surface area contributed by atoms with Gasteiger partial charge in [0.25, 0.3) is 5.91 Å². The van der Waals surface area contributed by atoms with E-state index in [-0.39, 0.29) is 23.0 Å². The fourth-order valence-electron chi connectivity index (χ4n) is 2.49. The van der Waals surface area contributed by atoms with Gasteiger partial charge in [-0.15, -0.1) is 0 Å². The van der Waals surface area contributed by atoms with Crippen molar-refractivity contribution in [3.63, 3.8) is 0 Å². The monoisotopic (exact) mass is 249 g/mol. The van der Waals surface area contributed by atoms with E-state index in [1.807, 2.05) is 0 Å². The first-order valence-electron chi connectivity index (χ1n) is 6.43. The van der Waals surface area contributed by atoms with Gasteiger partial charge in [0.05, 0.1) is 0 Å². The molecule has 0 radical (unpaired) electrons. The summed E-state index contributed by atoms with van der Waals surface area (Å²) in [5.74, 6) is -0.0586. The smallest absolute Gasteiger partial charge is 0.261 e. The van der Waals surface area contributed by atoms with Crippen LogP contribution < -0.4 is 0 Å². The third kappa shape index (κ3) is 2.42. The number of hydrogen-bond donors (Lipinski definition) is 2. The summed E-state index contributed by atoms with van der Waals surface area (Å²) in [6.45, 7) is 3.53. The largest absolute Gasteiger partial charge is 0.507 e. The summed E-state index contributed by atoms with van der Waals surface area (Å²) in [7, 11) is 0. The van der Waals surface area contributed by atoms with Crippen molar-refractivity contribution in [1.29, 1.82) is 0 Å². The molecule has 1 aromatic carbocycles. The van der Waals surface area contributed by atoms with Crippen LogP contribution in [0.3, 0.4) is 0 Å². The van der Waals surface area contributed by atoms with Crippen LogP contribution in [0.1, 0.15) is 36.5 Å². The van der Waals surface area contributed by atoms with Gasteiger partial charge in [0.1, 0.15) is 17.1 Å². The zero-order chi connectivity index (χ0) is 13.1. The lowest BCUT2D eigenvalue weighted by Crippen LogP contribution is -2.39. The minimum absolute atomic E-state index is 0.0225. The van der Waals surface area contributed by atoms with Crippen molar-refractivity contribution < 1.29 is 15.0 Å². The average Bonchev–Trinajstić information content (AvgIpc) is 2.38. The maximum Gasteiger partial charge on any atom is 0.261 e. The molecule has 1 aliphatic heterocycles. The van der Waals surface area contributed by atoms with Gasteiger partial charge >= 0.3 is 0 Å². The average molecular weight is 249 g/mol. The van der Waals surface area contributed by atoms with Crippen LogP contribution in [0.15, 0.2) is 18.2 Å². The molecule has 0 bridgehead atoms. The number of carbonyl (C=O) groups is 1. The molecule has 1 aromatic rings. The second-order valence-corrected chi connectivity index (χ2v) is 4.84. The van der Waals surface area contributed by atoms with E-state index in [1.54, 1.807) is 4.90 Å². The van der Waals surface area contributed by atoms with Crippen LogP contribution in [-0.4, -0.2) is 34.1 Å². The molecule has 0 aromatic heterocycles. The number of aromatic hydroxyl groups is 2. The van der Waals surface area contributed by atoms with Gasteiger partial charge in [0, 0.05) is 13.1 Å². The molecule has 1 fully saturated rings. The standard InChI is InChI=1S/C14H19NO3/c1-2-10-5-4-8-15(9-10)14(18)13-11(16)6-3-7-12(13)17/h3,6-7,10,16-17H,2,4-5,8-9H2,1H3. The number of amides is 1. The fourth-order valence-corrected chi connectivity index (χ4v) is 2.49. The van der Waals surface area contributed by atoms with E-state index in [9.17, 15) is 15.0 Å². The molecule has 1 amide bonds. The number of benzene rings is 1. The zero-order valence-electron chi connectivity index (χ0n) is 10.6. The van der Waals surface area contributed by atoms with Crippen LogP contribution in [0.2, 0.25) is 0 Å². The fraction of sp³-hybridized carbons (Fsp3) is 0.500. The van der Waals surface area contributed by atoms with Crippen LogP contribution >= 0.6 is 0 Å². The summed E-state index contributed by atoms with van der Waals surface area (Å²) in [4.78, 5) is 14.0. The molecule has 1 saturated heterocycles. The SMILES string of the molecule is CCC1CCCN(C(=O)c2c(O)cccc2O)C1. The van der Waals surface area contributed by atoms with Crippen LogP contribution in [0, 0.1) is 5.92 Å². The molecular formula is C14H19NO3. The Morgan fingerprint density at radius 1 is 1.39 bits per heavy atom. The van der Waals surface area contributed by atoms with Crippen molar-refractivity contribution >= 4 is 5.91 Å². The Morgan fingerprint density at radius 2 is 2.06 bits per heavy atom. The number of likely N-dealkylation sites (tertiary alicyclic amines) is 1. The van der Waals surface area contributed by atoms with Gasteiger partial charge < -0.3 is 15.1 Å². The van der Waals surface area contributed by atoms with Crippen molar-refractivity contribution in [1.82, 2.24) is 4.90 Å². The van der Waals surface area contributed by atoms with Crippen LogP contribution in [0.25, 0.3) is 0 Å². The highest BCUT2D eigenvalue weighted by Crippen LogP contribution is 2.29. The van der Waals surface area contributed by atoms with Crippen molar-refractivity contribution in [3.8, 4) is 11.5 Å². The molecule has 98 valence electrons. The summed E-state index contributed by atoms with van der Waals surface area (Å²) in [5.41, 5.74) is 0.0225. The number of piperidine rings is 1. The lowest BCUT2D eigenvalue weighted by atomic mass is 9.95. The normalized spacial score (nSPS) is 19.8. The third-order valence-corrected chi connectivity index (χ3v) is 3.62. The molecule has 1 unspecified atom stereocenters. The summed E-state index contributed by atoms with van der Waals surface area (Å²) in [6, 6.07) is 4.37. The Hall–Kier alpha value is -1.71. The lowest BCUT2D eigenvalue weighted by molar-refractivity contribution is 0.0665. The van der Waals surface area contributed by atoms with Gasteiger partial charge in [-0.1, -0.05) is 19.4 Å². The van der Waals surface area contributed by atoms with Crippen LogP contribution in [0.5, 0.6) is 11.5 Å². The van der Waals surface area contributed by atoms with Gasteiger partial charge in [0.2, 0.25) is 0 Å². The number of hydrogen-bond acceptors (Lipinski definition) is 3. The van der Waals surface area contributed by atoms with Gasteiger partial charge in [-0.05, 0) is 30.9 Å². The summed E-state index contributed by atoms with van der Waals surface area (Å²) < 4.78 is 0. The van der Waals surface area contributed by atoms with Crippen molar-refractivity contribution in [2.75, 3.05) is 13.1 Å². The summed E-state index contributed by atoms with van der Waals surface area (Å²) >= 11 is 0. The van der Waals surface area contributed by atoms with Gasteiger partial charge in [0.15, 0.2) is 0 Å². The third-order valence-electron chi connectivity index (χ3n) is 3.62. The van der Waals surface area contributed by atoms with Gasteiger partial charge in [-0.2, -0.15) is 0 Å². The number of nitrogens with zero attached hydrogens (tertiary/aromatic N) is 1. The Morgan fingerprint density at radius 3 is 2.67 bits per heavy atom. The molecule has 0 spiro atoms. The van der Waals surface area contributed by atoms with E-state index in [1.165, 1.54) is 18.2 Å². The Kier molecular flexibility index (Phi) is 3.75. The highest BCUT2D eigenvalue weighted by Gasteiger charge is 2.26. The Bertz CT molecular complexity index is 424. The highest BCUT2D eigenvalue weighted by atomic mass is 16.3. The Labute approximate surface area is 107 Å². The zero-order valence-corrected chi connectivity index (χ0v) is 10.6. The second kappa shape index (κ2) is 5.29. The molecule has 1 aliphatic rings. The molecule has 2 N–H and O–H groups in total. The van der Waals surface area contributed by atoms with E-state index >= 15 is 0 Å². The molecule has 4 heteroatoms. The molecule has 4 nitrogen and oxygen atoms in total. The molecule has 18 heavy (non-hydrogen) atoms. The predicted molar refractivity (Wildman–Crippen MR) is 68.7 cm³/mol. The van der Waals surface area contributed by atoms with E-state index in [4.69, 9.17) is 0 Å². The van der Waals surface area contributed by atoms with E-state index < -0.39 is 0 Å². The van der Waals surface area contributed by atoms with Crippen LogP contribution in [-0.2, 0) is 0 Å². The first-order valence-corrected chi connectivity index (χ1v) is 6.43. The van der Waals surface area contributed by atoms with Crippen LogP contribution in [0.4, 0.5) is 0 Å². The van der Waals surface area contributed by atoms with Gasteiger partial charge in [-0.25, -0.2) is 0 Å². The highest BCUT2D eigenvalue weighted by molar-refractivity contribution is 5.99. The van der Waals surface area contributed by atoms with Crippen molar-refractivity contribution in [2.24, 2.45) is 5.92 Å². The molecule has 1 atom stereocenters.